The molecular formula is C9H4ClF3O2. The number of carbonyl (C=O) groups is 2. The van der Waals surface area contributed by atoms with Gasteiger partial charge in [0.2, 0.25) is 5.78 Å². The fourth-order valence-electron chi connectivity index (χ4n) is 0.924. The molecule has 0 aromatic heterocycles. The van der Waals surface area contributed by atoms with Crippen molar-refractivity contribution in [3.63, 3.8) is 0 Å². The van der Waals surface area contributed by atoms with E-state index in [1.807, 2.05) is 0 Å². The maximum Gasteiger partial charge on any atom is 0.416 e. The van der Waals surface area contributed by atoms with Gasteiger partial charge in [-0.15, -0.1) is 0 Å². The lowest BCUT2D eigenvalue weighted by Crippen LogP contribution is -2.09. The number of hydrogen-bond donors (Lipinski definition) is 0. The van der Waals surface area contributed by atoms with Gasteiger partial charge in [-0.2, -0.15) is 13.2 Å². The lowest BCUT2D eigenvalue weighted by atomic mass is 10.1. The zero-order chi connectivity index (χ0) is 11.6. The molecule has 0 spiro atoms. The van der Waals surface area contributed by atoms with Gasteiger partial charge in [0.25, 0.3) is 5.24 Å². The lowest BCUT2D eigenvalue weighted by Gasteiger charge is -2.05. The zero-order valence-corrected chi connectivity index (χ0v) is 7.89. The molecule has 1 rings (SSSR count). The number of Topliss-reactive ketones (excluding diaryl/α,β-unsaturated/α-hetero) is 1. The molecule has 0 heterocycles. The second kappa shape index (κ2) is 4.02. The number of halogens is 4. The van der Waals surface area contributed by atoms with Crippen molar-refractivity contribution in [2.45, 2.75) is 6.18 Å². The van der Waals surface area contributed by atoms with Crippen LogP contribution in [0.25, 0.3) is 0 Å². The molecule has 2 nitrogen and oxygen atoms in total. The van der Waals surface area contributed by atoms with Crippen LogP contribution in [-0.4, -0.2) is 11.0 Å². The minimum absolute atomic E-state index is 0.164. The van der Waals surface area contributed by atoms with Gasteiger partial charge in [-0.3, -0.25) is 9.59 Å². The smallest absolute Gasteiger partial charge is 0.284 e. The van der Waals surface area contributed by atoms with E-state index in [0.717, 1.165) is 12.1 Å². The van der Waals surface area contributed by atoms with Crippen LogP contribution in [0.2, 0.25) is 0 Å². The number of hydrogen-bond acceptors (Lipinski definition) is 2. The molecule has 0 radical (unpaired) electrons. The van der Waals surface area contributed by atoms with Gasteiger partial charge in [-0.25, -0.2) is 0 Å². The number of carbonyl (C=O) groups excluding carboxylic acids is 2. The molecule has 0 unspecified atom stereocenters. The van der Waals surface area contributed by atoms with Gasteiger partial charge >= 0.3 is 6.18 Å². The Kier molecular flexibility index (Phi) is 3.14. The van der Waals surface area contributed by atoms with Crippen LogP contribution in [0.5, 0.6) is 0 Å². The van der Waals surface area contributed by atoms with Gasteiger partial charge in [-0.05, 0) is 23.7 Å². The Morgan fingerprint density at radius 3 is 1.87 bits per heavy atom. The Labute approximate surface area is 87.6 Å². The molecule has 1 aromatic rings. The fourth-order valence-corrected chi connectivity index (χ4v) is 1.03. The Morgan fingerprint density at radius 2 is 1.53 bits per heavy atom. The monoisotopic (exact) mass is 236 g/mol. The molecular weight excluding hydrogens is 233 g/mol. The minimum atomic E-state index is -4.47. The van der Waals surface area contributed by atoms with Gasteiger partial charge in [0.1, 0.15) is 0 Å². The maximum absolute atomic E-state index is 12.1. The first kappa shape index (κ1) is 11.7. The van der Waals surface area contributed by atoms with Crippen LogP contribution in [0.15, 0.2) is 24.3 Å². The zero-order valence-electron chi connectivity index (χ0n) is 7.14. The molecule has 0 atom stereocenters. The number of rotatable bonds is 2. The van der Waals surface area contributed by atoms with E-state index in [-0.39, 0.29) is 5.56 Å². The molecule has 0 aliphatic rings. The highest BCUT2D eigenvalue weighted by Gasteiger charge is 2.30. The van der Waals surface area contributed by atoms with Crippen molar-refractivity contribution >= 4 is 22.6 Å². The molecule has 0 N–H and O–H groups in total. The quantitative estimate of drug-likeness (QED) is 0.449. The molecule has 0 bridgehead atoms. The average Bonchev–Trinajstić information content (AvgIpc) is 2.15. The summed E-state index contributed by atoms with van der Waals surface area (Å²) < 4.78 is 36.3. The van der Waals surface area contributed by atoms with Gasteiger partial charge < -0.3 is 0 Å². The van der Waals surface area contributed by atoms with E-state index >= 15 is 0 Å². The van der Waals surface area contributed by atoms with E-state index in [0.29, 0.717) is 12.1 Å². The molecule has 0 aliphatic heterocycles. The molecule has 0 amide bonds. The Hall–Kier alpha value is -1.36. The Morgan fingerprint density at radius 1 is 1.07 bits per heavy atom. The van der Waals surface area contributed by atoms with Gasteiger partial charge in [0, 0.05) is 5.56 Å². The summed E-state index contributed by atoms with van der Waals surface area (Å²) in [5.74, 6) is -1.02. The van der Waals surface area contributed by atoms with Crippen molar-refractivity contribution in [1.29, 1.82) is 0 Å². The predicted molar refractivity (Wildman–Crippen MR) is 46.6 cm³/mol. The molecule has 0 saturated carbocycles. The summed E-state index contributed by atoms with van der Waals surface area (Å²) in [6.07, 6.45) is -4.47. The lowest BCUT2D eigenvalue weighted by molar-refractivity contribution is -0.137. The van der Waals surface area contributed by atoms with Crippen molar-refractivity contribution < 1.29 is 22.8 Å². The number of alkyl halides is 3. The van der Waals surface area contributed by atoms with Crippen LogP contribution >= 0.6 is 11.6 Å². The summed E-state index contributed by atoms with van der Waals surface area (Å²) in [5, 5.41) is -1.23. The molecule has 0 fully saturated rings. The van der Waals surface area contributed by atoms with Crippen LogP contribution in [0.1, 0.15) is 15.9 Å². The van der Waals surface area contributed by atoms with E-state index < -0.39 is 22.8 Å². The van der Waals surface area contributed by atoms with Gasteiger partial charge in [-0.1, -0.05) is 12.1 Å². The third-order valence-corrected chi connectivity index (χ3v) is 1.82. The third kappa shape index (κ3) is 2.79. The fraction of sp³-hybridized carbons (Fsp3) is 0.111. The largest absolute Gasteiger partial charge is 0.416 e. The topological polar surface area (TPSA) is 34.1 Å². The highest BCUT2D eigenvalue weighted by Crippen LogP contribution is 2.29. The second-order valence-electron chi connectivity index (χ2n) is 2.68. The SMILES string of the molecule is O=C(Cl)C(=O)c1ccc(C(F)(F)F)cc1. The predicted octanol–water partition coefficient (Wildman–Crippen LogP) is 2.65. The van der Waals surface area contributed by atoms with Crippen molar-refractivity contribution in [2.75, 3.05) is 0 Å². The van der Waals surface area contributed by atoms with Crippen LogP contribution in [0, 0.1) is 0 Å². The van der Waals surface area contributed by atoms with Crippen molar-refractivity contribution in [1.82, 2.24) is 0 Å². The Bertz CT molecular complexity index is 395. The Balaban J connectivity index is 3.01. The minimum Gasteiger partial charge on any atom is -0.284 e. The van der Waals surface area contributed by atoms with Crippen molar-refractivity contribution in [3.8, 4) is 0 Å². The first-order valence-electron chi connectivity index (χ1n) is 3.74. The van der Waals surface area contributed by atoms with E-state index in [1.54, 1.807) is 0 Å². The molecule has 0 saturated heterocycles. The average molecular weight is 237 g/mol. The summed E-state index contributed by atoms with van der Waals surface area (Å²) in [4.78, 5) is 21.4. The molecule has 80 valence electrons. The van der Waals surface area contributed by atoms with Crippen molar-refractivity contribution in [3.05, 3.63) is 35.4 Å². The van der Waals surface area contributed by atoms with Crippen LogP contribution in [0.4, 0.5) is 13.2 Å². The van der Waals surface area contributed by atoms with Crippen molar-refractivity contribution in [2.24, 2.45) is 0 Å². The summed E-state index contributed by atoms with van der Waals surface area (Å²) >= 11 is 4.88. The molecule has 6 heteroatoms. The second-order valence-corrected chi connectivity index (χ2v) is 3.02. The van der Waals surface area contributed by atoms with Crippen LogP contribution < -0.4 is 0 Å². The first-order valence-corrected chi connectivity index (χ1v) is 4.11. The normalized spacial score (nSPS) is 11.2. The first-order chi connectivity index (χ1) is 6.82. The molecule has 1 aromatic carbocycles. The number of benzene rings is 1. The van der Waals surface area contributed by atoms with E-state index in [4.69, 9.17) is 11.6 Å². The van der Waals surface area contributed by atoms with E-state index in [2.05, 4.69) is 0 Å². The summed E-state index contributed by atoms with van der Waals surface area (Å²) in [5.41, 5.74) is -1.05. The highest BCUT2D eigenvalue weighted by atomic mass is 35.5. The maximum atomic E-state index is 12.1. The standard InChI is InChI=1S/C9H4ClF3O2/c10-8(15)7(14)5-1-3-6(4-2-5)9(11,12)13/h1-4H. The van der Waals surface area contributed by atoms with E-state index in [9.17, 15) is 22.8 Å². The third-order valence-electron chi connectivity index (χ3n) is 1.65. The van der Waals surface area contributed by atoms with Gasteiger partial charge in [0.15, 0.2) is 0 Å². The summed E-state index contributed by atoms with van der Waals surface area (Å²) in [6.45, 7) is 0. The van der Waals surface area contributed by atoms with Gasteiger partial charge in [0.05, 0.1) is 5.56 Å². The molecule has 0 aliphatic carbocycles. The highest BCUT2D eigenvalue weighted by molar-refractivity contribution is 6.83. The van der Waals surface area contributed by atoms with E-state index in [1.165, 1.54) is 0 Å². The van der Waals surface area contributed by atoms with Crippen LogP contribution in [0.3, 0.4) is 0 Å². The summed E-state index contributed by atoms with van der Waals surface area (Å²) in [6, 6.07) is 3.25. The summed E-state index contributed by atoms with van der Waals surface area (Å²) in [7, 11) is 0. The molecule has 15 heavy (non-hydrogen) atoms. The van der Waals surface area contributed by atoms with Crippen LogP contribution in [-0.2, 0) is 11.0 Å². The number of ketones is 1.